The lowest BCUT2D eigenvalue weighted by Gasteiger charge is -2.27. The monoisotopic (exact) mass is 311 g/mol. The third-order valence-corrected chi connectivity index (χ3v) is 4.94. The Labute approximate surface area is 127 Å². The topological polar surface area (TPSA) is 61.4 Å². The van der Waals surface area contributed by atoms with Crippen molar-refractivity contribution in [1.82, 2.24) is 10.2 Å². The van der Waals surface area contributed by atoms with Gasteiger partial charge in [0.15, 0.2) is 0 Å². The third kappa shape index (κ3) is 5.30. The number of benzene rings is 1. The van der Waals surface area contributed by atoms with E-state index in [1.54, 1.807) is 0 Å². The summed E-state index contributed by atoms with van der Waals surface area (Å²) in [4.78, 5) is 2.19. The fraction of sp³-hybridized carbons (Fsp3) is 0.600. The second-order valence-electron chi connectivity index (χ2n) is 5.42. The van der Waals surface area contributed by atoms with Crippen LogP contribution in [0.3, 0.4) is 0 Å². The Kier molecular flexibility index (Phi) is 6.02. The van der Waals surface area contributed by atoms with Gasteiger partial charge in [-0.15, -0.1) is 0 Å². The number of piperazine rings is 1. The lowest BCUT2D eigenvalue weighted by Crippen LogP contribution is -2.45. The molecular weight excluding hydrogens is 286 g/mol. The molecule has 1 aliphatic rings. The molecule has 21 heavy (non-hydrogen) atoms. The van der Waals surface area contributed by atoms with Gasteiger partial charge in [-0.3, -0.25) is 9.62 Å². The molecule has 0 bridgehead atoms. The van der Waals surface area contributed by atoms with E-state index in [1.165, 1.54) is 0 Å². The van der Waals surface area contributed by atoms with Crippen LogP contribution in [-0.4, -0.2) is 51.8 Å². The molecule has 0 spiro atoms. The second kappa shape index (κ2) is 7.77. The molecule has 0 aromatic heterocycles. The lowest BCUT2D eigenvalue weighted by atomic mass is 10.1. The normalized spacial score (nSPS) is 16.8. The van der Waals surface area contributed by atoms with Gasteiger partial charge in [0.05, 0.1) is 11.4 Å². The average molecular weight is 311 g/mol. The van der Waals surface area contributed by atoms with Crippen LogP contribution in [0.5, 0.6) is 0 Å². The van der Waals surface area contributed by atoms with Gasteiger partial charge >= 0.3 is 0 Å². The van der Waals surface area contributed by atoms with Crippen LogP contribution in [0.4, 0.5) is 5.69 Å². The molecule has 0 aliphatic carbocycles. The molecule has 1 aliphatic heterocycles. The van der Waals surface area contributed by atoms with Gasteiger partial charge in [-0.25, -0.2) is 8.42 Å². The molecule has 2 N–H and O–H groups in total. The van der Waals surface area contributed by atoms with E-state index in [-0.39, 0.29) is 5.75 Å². The smallest absolute Gasteiger partial charge is 0.233 e. The van der Waals surface area contributed by atoms with Crippen molar-refractivity contribution in [2.45, 2.75) is 19.8 Å². The van der Waals surface area contributed by atoms with Crippen molar-refractivity contribution >= 4 is 15.7 Å². The van der Waals surface area contributed by atoms with Crippen LogP contribution >= 0.6 is 0 Å². The van der Waals surface area contributed by atoms with E-state index in [9.17, 15) is 8.42 Å². The van der Waals surface area contributed by atoms with E-state index in [2.05, 4.69) is 21.9 Å². The van der Waals surface area contributed by atoms with Gasteiger partial charge in [-0.05, 0) is 18.1 Å². The molecule has 1 aromatic carbocycles. The highest BCUT2D eigenvalue weighted by Gasteiger charge is 2.16. The lowest BCUT2D eigenvalue weighted by molar-refractivity contribution is 0.254. The molecule has 0 atom stereocenters. The van der Waals surface area contributed by atoms with Crippen molar-refractivity contribution in [3.63, 3.8) is 0 Å². The summed E-state index contributed by atoms with van der Waals surface area (Å²) in [7, 11) is -3.29. The number of para-hydroxylation sites is 1. The largest absolute Gasteiger partial charge is 0.314 e. The summed E-state index contributed by atoms with van der Waals surface area (Å²) >= 11 is 0. The van der Waals surface area contributed by atoms with E-state index < -0.39 is 10.0 Å². The van der Waals surface area contributed by atoms with E-state index in [0.717, 1.165) is 50.3 Å². The maximum Gasteiger partial charge on any atom is 0.233 e. The Balaban J connectivity index is 1.93. The fourth-order valence-corrected chi connectivity index (χ4v) is 3.64. The van der Waals surface area contributed by atoms with Gasteiger partial charge in [-0.1, -0.05) is 31.5 Å². The van der Waals surface area contributed by atoms with Crippen LogP contribution in [0.25, 0.3) is 0 Å². The molecule has 0 amide bonds. The van der Waals surface area contributed by atoms with E-state index in [1.807, 2.05) is 24.3 Å². The highest BCUT2D eigenvalue weighted by atomic mass is 32.2. The van der Waals surface area contributed by atoms with Gasteiger partial charge in [0.25, 0.3) is 0 Å². The molecule has 5 nitrogen and oxygen atoms in total. The number of nitrogens with zero attached hydrogens (tertiary/aromatic N) is 1. The molecule has 2 rings (SSSR count). The molecule has 1 aromatic rings. The molecule has 0 saturated carbocycles. The van der Waals surface area contributed by atoms with Crippen LogP contribution in [0.15, 0.2) is 24.3 Å². The quantitative estimate of drug-likeness (QED) is 0.796. The number of anilines is 1. The predicted octanol–water partition coefficient (Wildman–Crippen LogP) is 1.29. The number of aryl methyl sites for hydroxylation is 1. The van der Waals surface area contributed by atoms with Gasteiger partial charge in [0, 0.05) is 32.7 Å². The molecule has 118 valence electrons. The maximum absolute atomic E-state index is 12.2. The summed E-state index contributed by atoms with van der Waals surface area (Å²) in [5.41, 5.74) is 1.78. The van der Waals surface area contributed by atoms with Crippen LogP contribution in [-0.2, 0) is 16.4 Å². The maximum atomic E-state index is 12.2. The molecule has 1 heterocycles. The zero-order valence-electron chi connectivity index (χ0n) is 12.6. The summed E-state index contributed by atoms with van der Waals surface area (Å²) < 4.78 is 27.2. The number of hydrogen-bond acceptors (Lipinski definition) is 4. The van der Waals surface area contributed by atoms with Crippen LogP contribution in [0.1, 0.15) is 18.9 Å². The number of hydrogen-bond donors (Lipinski definition) is 2. The van der Waals surface area contributed by atoms with Crippen molar-refractivity contribution in [3.05, 3.63) is 29.8 Å². The SMILES string of the molecule is CCCc1ccccc1NS(=O)(=O)CCN1CCNCC1. The Morgan fingerprint density at radius 2 is 1.95 bits per heavy atom. The van der Waals surface area contributed by atoms with Crippen molar-refractivity contribution in [2.24, 2.45) is 0 Å². The zero-order chi connectivity index (χ0) is 15.1. The summed E-state index contributed by atoms with van der Waals surface area (Å²) in [5.74, 6) is 0.146. The van der Waals surface area contributed by atoms with Gasteiger partial charge < -0.3 is 5.32 Å². The number of nitrogens with one attached hydrogen (secondary N) is 2. The molecule has 1 fully saturated rings. The highest BCUT2D eigenvalue weighted by molar-refractivity contribution is 7.92. The Bertz CT molecular complexity index is 540. The molecule has 6 heteroatoms. The summed E-state index contributed by atoms with van der Waals surface area (Å²) in [6.07, 6.45) is 1.88. The first-order chi connectivity index (χ1) is 10.1. The van der Waals surface area contributed by atoms with Crippen LogP contribution < -0.4 is 10.0 Å². The van der Waals surface area contributed by atoms with Crippen molar-refractivity contribution in [3.8, 4) is 0 Å². The van der Waals surface area contributed by atoms with Gasteiger partial charge in [0.2, 0.25) is 10.0 Å². The first kappa shape index (κ1) is 16.3. The molecular formula is C15H25N3O2S. The molecule has 0 unspecified atom stereocenters. The second-order valence-corrected chi connectivity index (χ2v) is 7.26. The first-order valence-electron chi connectivity index (χ1n) is 7.62. The average Bonchev–Trinajstić information content (AvgIpc) is 2.48. The van der Waals surface area contributed by atoms with Crippen molar-refractivity contribution in [2.75, 3.05) is 43.2 Å². The minimum Gasteiger partial charge on any atom is -0.314 e. The summed E-state index contributed by atoms with van der Waals surface area (Å²) in [6, 6.07) is 7.64. The third-order valence-electron chi connectivity index (χ3n) is 3.69. The number of rotatable bonds is 7. The predicted molar refractivity (Wildman–Crippen MR) is 87.2 cm³/mol. The van der Waals surface area contributed by atoms with E-state index >= 15 is 0 Å². The Morgan fingerprint density at radius 1 is 1.24 bits per heavy atom. The van der Waals surface area contributed by atoms with Crippen LogP contribution in [0, 0.1) is 0 Å². The minimum absolute atomic E-state index is 0.146. The molecule has 1 saturated heterocycles. The van der Waals surface area contributed by atoms with Gasteiger partial charge in [-0.2, -0.15) is 0 Å². The summed E-state index contributed by atoms with van der Waals surface area (Å²) in [5, 5.41) is 3.27. The zero-order valence-corrected chi connectivity index (χ0v) is 13.5. The van der Waals surface area contributed by atoms with Crippen LogP contribution in [0.2, 0.25) is 0 Å². The number of sulfonamides is 1. The van der Waals surface area contributed by atoms with E-state index in [0.29, 0.717) is 6.54 Å². The van der Waals surface area contributed by atoms with Crippen molar-refractivity contribution < 1.29 is 8.42 Å². The van der Waals surface area contributed by atoms with Crippen molar-refractivity contribution in [1.29, 1.82) is 0 Å². The van der Waals surface area contributed by atoms with E-state index in [4.69, 9.17) is 0 Å². The fourth-order valence-electron chi connectivity index (χ4n) is 2.51. The molecule has 0 radical (unpaired) electrons. The standard InChI is InChI=1S/C15H25N3O2S/c1-2-5-14-6-3-4-7-15(14)17-21(19,20)13-12-18-10-8-16-9-11-18/h3-4,6-7,16-17H,2,5,8-13H2,1H3. The minimum atomic E-state index is -3.29. The summed E-state index contributed by atoms with van der Waals surface area (Å²) in [6.45, 7) is 6.39. The Morgan fingerprint density at radius 3 is 2.67 bits per heavy atom. The van der Waals surface area contributed by atoms with Gasteiger partial charge in [0.1, 0.15) is 0 Å². The highest BCUT2D eigenvalue weighted by Crippen LogP contribution is 2.18. The first-order valence-corrected chi connectivity index (χ1v) is 9.27. The Hall–Kier alpha value is -1.11.